The normalized spacial score (nSPS) is 15.5. The number of carbonyl (C=O) groups excluding carboxylic acids is 1. The first kappa shape index (κ1) is 22.0. The number of thiazole rings is 1. The molecular formula is C21H22ClN3O4S2. The summed E-state index contributed by atoms with van der Waals surface area (Å²) in [6.07, 6.45) is 0.823. The minimum absolute atomic E-state index is 0.0838. The molecule has 0 atom stereocenters. The zero-order valence-corrected chi connectivity index (χ0v) is 19.3. The highest BCUT2D eigenvalue weighted by Crippen LogP contribution is 2.25. The maximum Gasteiger partial charge on any atom is 0.308 e. The molecule has 0 unspecified atom stereocenters. The average molecular weight is 480 g/mol. The van der Waals surface area contributed by atoms with Crippen LogP contribution < -0.4 is 4.87 Å². The lowest BCUT2D eigenvalue weighted by atomic mass is 10.2. The summed E-state index contributed by atoms with van der Waals surface area (Å²) in [6, 6.07) is 11.6. The van der Waals surface area contributed by atoms with E-state index in [4.69, 9.17) is 11.6 Å². The lowest BCUT2D eigenvalue weighted by Crippen LogP contribution is -2.50. The number of nitrogens with zero attached hydrogens (tertiary/aromatic N) is 3. The Morgan fingerprint density at radius 2 is 1.84 bits per heavy atom. The average Bonchev–Trinajstić information content (AvgIpc) is 3.08. The minimum Gasteiger partial charge on any atom is -0.336 e. The first-order valence-electron chi connectivity index (χ1n) is 9.99. The molecule has 1 saturated heterocycles. The molecule has 7 nitrogen and oxygen atoms in total. The highest BCUT2D eigenvalue weighted by atomic mass is 35.5. The fourth-order valence-corrected chi connectivity index (χ4v) is 6.40. The van der Waals surface area contributed by atoms with Crippen molar-refractivity contribution >= 4 is 49.1 Å². The molecule has 31 heavy (non-hydrogen) atoms. The first-order valence-corrected chi connectivity index (χ1v) is 12.6. The second kappa shape index (κ2) is 8.74. The molecule has 0 radical (unpaired) electrons. The third-order valence-corrected chi connectivity index (χ3v) is 8.39. The Morgan fingerprint density at radius 3 is 2.52 bits per heavy atom. The standard InChI is InChI=1S/C21H22ClN3O4S2/c1-2-8-25-18-7-6-17(14-19(18)30-21(25)27)31(28,29)24-11-9-23(10-12-24)20(26)15-4-3-5-16(22)13-15/h3-7,13-14H,2,8-12H2,1H3. The van der Waals surface area contributed by atoms with Gasteiger partial charge in [0.2, 0.25) is 10.0 Å². The molecule has 1 fully saturated rings. The molecule has 3 aromatic rings. The van der Waals surface area contributed by atoms with Crippen LogP contribution in [0.5, 0.6) is 0 Å². The molecule has 0 spiro atoms. The Bertz CT molecular complexity index is 1290. The van der Waals surface area contributed by atoms with Gasteiger partial charge in [0.1, 0.15) is 0 Å². The van der Waals surface area contributed by atoms with Crippen LogP contribution in [0.15, 0.2) is 52.2 Å². The Labute approximate surface area is 189 Å². The molecule has 1 aliphatic heterocycles. The van der Waals surface area contributed by atoms with Crippen molar-refractivity contribution in [1.82, 2.24) is 13.8 Å². The third-order valence-electron chi connectivity index (χ3n) is 5.32. The molecule has 0 aliphatic carbocycles. The van der Waals surface area contributed by atoms with Crippen LogP contribution in [0, 0.1) is 0 Å². The van der Waals surface area contributed by atoms with Gasteiger partial charge in [-0.25, -0.2) is 8.42 Å². The molecular weight excluding hydrogens is 458 g/mol. The number of benzene rings is 2. The third kappa shape index (κ3) is 4.27. The summed E-state index contributed by atoms with van der Waals surface area (Å²) in [7, 11) is -3.72. The highest BCUT2D eigenvalue weighted by molar-refractivity contribution is 7.89. The van der Waals surface area contributed by atoms with Crippen molar-refractivity contribution in [1.29, 1.82) is 0 Å². The molecule has 164 valence electrons. The number of rotatable bonds is 5. The van der Waals surface area contributed by atoms with Gasteiger partial charge in [0, 0.05) is 43.3 Å². The molecule has 1 aromatic heterocycles. The first-order chi connectivity index (χ1) is 14.8. The summed E-state index contributed by atoms with van der Waals surface area (Å²) in [5, 5.41) is 0.484. The van der Waals surface area contributed by atoms with Gasteiger partial charge >= 0.3 is 4.87 Å². The van der Waals surface area contributed by atoms with Gasteiger partial charge in [-0.3, -0.25) is 14.2 Å². The lowest BCUT2D eigenvalue weighted by Gasteiger charge is -2.34. The van der Waals surface area contributed by atoms with Gasteiger partial charge in [-0.2, -0.15) is 4.31 Å². The van der Waals surface area contributed by atoms with Gasteiger partial charge in [-0.05, 0) is 42.8 Å². The van der Waals surface area contributed by atoms with E-state index in [2.05, 4.69) is 0 Å². The molecule has 0 saturated carbocycles. The zero-order chi connectivity index (χ0) is 22.2. The maximum atomic E-state index is 13.2. The van der Waals surface area contributed by atoms with Crippen molar-refractivity contribution in [3.63, 3.8) is 0 Å². The van der Waals surface area contributed by atoms with E-state index in [-0.39, 0.29) is 28.8 Å². The topological polar surface area (TPSA) is 79.7 Å². The largest absolute Gasteiger partial charge is 0.336 e. The van der Waals surface area contributed by atoms with E-state index in [1.54, 1.807) is 51.9 Å². The number of amides is 1. The van der Waals surface area contributed by atoms with Gasteiger partial charge in [0.15, 0.2) is 0 Å². The fraction of sp³-hybridized carbons (Fsp3) is 0.333. The summed E-state index contributed by atoms with van der Waals surface area (Å²) < 4.78 is 30.1. The van der Waals surface area contributed by atoms with Gasteiger partial charge in [-0.15, -0.1) is 0 Å². The Balaban J connectivity index is 1.51. The number of halogens is 1. The second-order valence-electron chi connectivity index (χ2n) is 7.36. The van der Waals surface area contributed by atoms with Crippen molar-refractivity contribution in [2.75, 3.05) is 26.2 Å². The zero-order valence-electron chi connectivity index (χ0n) is 17.0. The van der Waals surface area contributed by atoms with E-state index in [9.17, 15) is 18.0 Å². The molecule has 10 heteroatoms. The minimum atomic E-state index is -3.72. The van der Waals surface area contributed by atoms with Gasteiger partial charge in [-0.1, -0.05) is 35.9 Å². The molecule has 1 amide bonds. The van der Waals surface area contributed by atoms with Crippen molar-refractivity contribution < 1.29 is 13.2 Å². The van der Waals surface area contributed by atoms with Crippen LogP contribution in [0.2, 0.25) is 5.02 Å². The van der Waals surface area contributed by atoms with Crippen LogP contribution in [0.1, 0.15) is 23.7 Å². The van der Waals surface area contributed by atoms with E-state index < -0.39 is 10.0 Å². The number of piperazine rings is 1. The number of fused-ring (bicyclic) bond motifs is 1. The Hall–Kier alpha value is -2.20. The van der Waals surface area contributed by atoms with Crippen molar-refractivity contribution in [3.8, 4) is 0 Å². The summed E-state index contributed by atoms with van der Waals surface area (Å²) in [4.78, 5) is 26.6. The predicted octanol–water partition coefficient (Wildman–Crippen LogP) is 3.27. The smallest absolute Gasteiger partial charge is 0.308 e. The van der Waals surface area contributed by atoms with E-state index in [1.807, 2.05) is 6.92 Å². The quantitative estimate of drug-likeness (QED) is 0.562. The van der Waals surface area contributed by atoms with Gasteiger partial charge in [0.05, 0.1) is 15.1 Å². The summed E-state index contributed by atoms with van der Waals surface area (Å²) in [5.41, 5.74) is 1.24. The summed E-state index contributed by atoms with van der Waals surface area (Å²) >= 11 is 7.03. The number of carbonyl (C=O) groups is 1. The van der Waals surface area contributed by atoms with E-state index in [0.29, 0.717) is 34.9 Å². The maximum absolute atomic E-state index is 13.2. The van der Waals surface area contributed by atoms with Gasteiger partial charge < -0.3 is 4.90 Å². The number of hydrogen-bond acceptors (Lipinski definition) is 5. The van der Waals surface area contributed by atoms with Crippen LogP contribution in [0.3, 0.4) is 0 Å². The molecule has 2 heterocycles. The Kier molecular flexibility index (Phi) is 6.20. The Morgan fingerprint density at radius 1 is 1.10 bits per heavy atom. The molecule has 2 aromatic carbocycles. The monoisotopic (exact) mass is 479 g/mol. The van der Waals surface area contributed by atoms with Crippen molar-refractivity contribution in [3.05, 3.63) is 62.7 Å². The summed E-state index contributed by atoms with van der Waals surface area (Å²) in [6.45, 7) is 3.61. The van der Waals surface area contributed by atoms with Crippen molar-refractivity contribution in [2.24, 2.45) is 0 Å². The van der Waals surface area contributed by atoms with Crippen LogP contribution in [-0.4, -0.2) is 54.3 Å². The summed E-state index contributed by atoms with van der Waals surface area (Å²) in [5.74, 6) is -0.164. The van der Waals surface area contributed by atoms with E-state index in [0.717, 1.165) is 23.3 Å². The molecule has 4 rings (SSSR count). The van der Waals surface area contributed by atoms with Crippen molar-refractivity contribution in [2.45, 2.75) is 24.8 Å². The SMILES string of the molecule is CCCn1c(=O)sc2cc(S(=O)(=O)N3CCN(C(=O)c4cccc(Cl)c4)CC3)ccc21. The molecule has 0 bridgehead atoms. The predicted molar refractivity (Wildman–Crippen MR) is 122 cm³/mol. The number of aryl methyl sites for hydroxylation is 1. The second-order valence-corrected chi connectivity index (χ2v) is 10.7. The van der Waals surface area contributed by atoms with E-state index >= 15 is 0 Å². The van der Waals surface area contributed by atoms with Crippen LogP contribution in [0.25, 0.3) is 10.2 Å². The van der Waals surface area contributed by atoms with Crippen LogP contribution in [0.4, 0.5) is 0 Å². The van der Waals surface area contributed by atoms with E-state index in [1.165, 1.54) is 4.31 Å². The fourth-order valence-electron chi connectivity index (χ4n) is 3.73. The number of sulfonamides is 1. The van der Waals surface area contributed by atoms with Crippen LogP contribution >= 0.6 is 22.9 Å². The highest BCUT2D eigenvalue weighted by Gasteiger charge is 2.31. The molecule has 0 N–H and O–H groups in total. The van der Waals surface area contributed by atoms with Gasteiger partial charge in [0.25, 0.3) is 5.91 Å². The lowest BCUT2D eigenvalue weighted by molar-refractivity contribution is 0.0698. The molecule has 1 aliphatic rings. The van der Waals surface area contributed by atoms with Crippen LogP contribution in [-0.2, 0) is 16.6 Å². The number of hydrogen-bond donors (Lipinski definition) is 0. The number of aromatic nitrogens is 1.